The van der Waals surface area contributed by atoms with E-state index >= 15 is 0 Å². The summed E-state index contributed by atoms with van der Waals surface area (Å²) >= 11 is 0. The Labute approximate surface area is 103 Å². The van der Waals surface area contributed by atoms with Crippen LogP contribution in [0.1, 0.15) is 43.2 Å². The first-order chi connectivity index (χ1) is 8.28. The lowest BCUT2D eigenvalue weighted by Gasteiger charge is -2.25. The maximum Gasteiger partial charge on any atom is 0.0937 e. The Hall–Kier alpha value is -1.08. The van der Waals surface area contributed by atoms with E-state index in [9.17, 15) is 5.11 Å². The number of benzene rings is 1. The summed E-state index contributed by atoms with van der Waals surface area (Å²) in [7, 11) is 0. The summed E-state index contributed by atoms with van der Waals surface area (Å²) in [6.45, 7) is 0. The predicted molar refractivity (Wildman–Crippen MR) is 70.0 cm³/mol. The van der Waals surface area contributed by atoms with Crippen molar-refractivity contribution in [2.45, 2.75) is 50.5 Å². The van der Waals surface area contributed by atoms with Gasteiger partial charge in [-0.3, -0.25) is 0 Å². The van der Waals surface area contributed by atoms with Gasteiger partial charge in [0.25, 0.3) is 0 Å². The predicted octanol–water partition coefficient (Wildman–Crippen LogP) is 3.41. The second-order valence-electron chi connectivity index (χ2n) is 5.48. The number of rotatable bonds is 1. The van der Waals surface area contributed by atoms with E-state index in [1.165, 1.54) is 36.0 Å². The minimum Gasteiger partial charge on any atom is -0.385 e. The quantitative estimate of drug-likeness (QED) is 0.730. The molecule has 90 valence electrons. The molecule has 0 amide bonds. The summed E-state index contributed by atoms with van der Waals surface area (Å²) in [6.07, 6.45) is 10.0. The first-order valence-electron chi connectivity index (χ1n) is 6.77. The highest BCUT2D eigenvalue weighted by Gasteiger charge is 2.37. The highest BCUT2D eigenvalue weighted by atomic mass is 16.3. The molecular formula is C16H20O. The summed E-state index contributed by atoms with van der Waals surface area (Å²) < 4.78 is 0. The van der Waals surface area contributed by atoms with E-state index in [1.807, 2.05) is 0 Å². The van der Waals surface area contributed by atoms with Gasteiger partial charge in [-0.25, -0.2) is 0 Å². The fraction of sp³-hybridized carbons (Fsp3) is 0.500. The summed E-state index contributed by atoms with van der Waals surface area (Å²) in [5.41, 5.74) is 3.39. The van der Waals surface area contributed by atoms with E-state index in [4.69, 9.17) is 0 Å². The molecule has 0 saturated heterocycles. The zero-order chi connectivity index (χ0) is 11.7. The van der Waals surface area contributed by atoms with Crippen molar-refractivity contribution in [3.8, 4) is 0 Å². The number of hydrogen-bond acceptors (Lipinski definition) is 1. The van der Waals surface area contributed by atoms with Crippen LogP contribution in [-0.4, -0.2) is 10.7 Å². The summed E-state index contributed by atoms with van der Waals surface area (Å²) in [5.74, 6) is 0. The molecule has 0 atom stereocenters. The van der Waals surface area contributed by atoms with Crippen LogP contribution < -0.4 is 0 Å². The Morgan fingerprint density at radius 3 is 2.35 bits per heavy atom. The summed E-state index contributed by atoms with van der Waals surface area (Å²) in [4.78, 5) is 0. The van der Waals surface area contributed by atoms with E-state index in [-0.39, 0.29) is 0 Å². The molecular weight excluding hydrogens is 208 g/mol. The van der Waals surface area contributed by atoms with Crippen molar-refractivity contribution in [3.63, 3.8) is 0 Å². The standard InChI is InChI=1S/C16H20O/c17-16(15-9-3-1-2-4-10-15)11-13-7-5-6-8-14(13)12-16/h5-9,17H,1-4,10-12H2. The second-order valence-corrected chi connectivity index (χ2v) is 5.48. The van der Waals surface area contributed by atoms with Gasteiger partial charge in [0.15, 0.2) is 0 Å². The van der Waals surface area contributed by atoms with E-state index in [2.05, 4.69) is 30.3 Å². The van der Waals surface area contributed by atoms with Crippen molar-refractivity contribution in [1.82, 2.24) is 0 Å². The van der Waals surface area contributed by atoms with Crippen molar-refractivity contribution in [1.29, 1.82) is 0 Å². The van der Waals surface area contributed by atoms with Crippen molar-refractivity contribution in [3.05, 3.63) is 47.0 Å². The van der Waals surface area contributed by atoms with E-state index in [1.54, 1.807) is 0 Å². The molecule has 0 fully saturated rings. The molecule has 0 unspecified atom stereocenters. The third-order valence-corrected chi connectivity index (χ3v) is 4.22. The van der Waals surface area contributed by atoms with Gasteiger partial charge in [-0.1, -0.05) is 36.8 Å². The van der Waals surface area contributed by atoms with Crippen LogP contribution in [0.2, 0.25) is 0 Å². The zero-order valence-electron chi connectivity index (χ0n) is 10.3. The Morgan fingerprint density at radius 1 is 0.941 bits per heavy atom. The molecule has 0 aromatic heterocycles. The molecule has 1 nitrogen and oxygen atoms in total. The van der Waals surface area contributed by atoms with E-state index in [0.29, 0.717) is 0 Å². The van der Waals surface area contributed by atoms with Crippen molar-refractivity contribution >= 4 is 0 Å². The first kappa shape index (κ1) is 11.0. The Balaban J connectivity index is 1.87. The van der Waals surface area contributed by atoms with Gasteiger partial charge in [-0.15, -0.1) is 0 Å². The normalized spacial score (nSPS) is 22.8. The molecule has 3 rings (SSSR count). The van der Waals surface area contributed by atoms with Crippen LogP contribution >= 0.6 is 0 Å². The SMILES string of the molecule is OC1(C2=CCCCCC2)Cc2ccccc2C1. The molecule has 1 aromatic carbocycles. The monoisotopic (exact) mass is 228 g/mol. The molecule has 0 aliphatic heterocycles. The van der Waals surface area contributed by atoms with Crippen LogP contribution in [0.15, 0.2) is 35.9 Å². The topological polar surface area (TPSA) is 20.2 Å². The molecule has 0 heterocycles. The smallest absolute Gasteiger partial charge is 0.0937 e. The van der Waals surface area contributed by atoms with E-state index < -0.39 is 5.60 Å². The molecule has 17 heavy (non-hydrogen) atoms. The highest BCUT2D eigenvalue weighted by molar-refractivity contribution is 5.40. The minimum atomic E-state index is -0.575. The number of allylic oxidation sites excluding steroid dienone is 1. The van der Waals surface area contributed by atoms with Gasteiger partial charge in [0.1, 0.15) is 0 Å². The van der Waals surface area contributed by atoms with Gasteiger partial charge >= 0.3 is 0 Å². The Morgan fingerprint density at radius 2 is 1.65 bits per heavy atom. The Kier molecular flexibility index (Phi) is 2.79. The fourth-order valence-corrected chi connectivity index (χ4v) is 3.26. The van der Waals surface area contributed by atoms with Gasteiger partial charge in [-0.05, 0) is 42.4 Å². The average Bonchev–Trinajstić information content (AvgIpc) is 2.53. The molecule has 2 aliphatic rings. The van der Waals surface area contributed by atoms with Crippen molar-refractivity contribution in [2.75, 3.05) is 0 Å². The third kappa shape index (κ3) is 2.04. The zero-order valence-corrected chi connectivity index (χ0v) is 10.3. The van der Waals surface area contributed by atoms with Crippen LogP contribution in [0.5, 0.6) is 0 Å². The van der Waals surface area contributed by atoms with Crippen molar-refractivity contribution in [2.24, 2.45) is 0 Å². The van der Waals surface area contributed by atoms with Gasteiger partial charge in [-0.2, -0.15) is 0 Å². The second kappa shape index (κ2) is 4.30. The molecule has 0 spiro atoms. The minimum absolute atomic E-state index is 0.575. The third-order valence-electron chi connectivity index (χ3n) is 4.22. The molecule has 0 saturated carbocycles. The number of fused-ring (bicyclic) bond motifs is 1. The van der Waals surface area contributed by atoms with Crippen LogP contribution in [0.4, 0.5) is 0 Å². The van der Waals surface area contributed by atoms with Gasteiger partial charge in [0.05, 0.1) is 5.60 Å². The van der Waals surface area contributed by atoms with Gasteiger partial charge < -0.3 is 5.11 Å². The maximum atomic E-state index is 10.9. The molecule has 0 radical (unpaired) electrons. The lowest BCUT2D eigenvalue weighted by molar-refractivity contribution is 0.0859. The molecule has 0 bridgehead atoms. The van der Waals surface area contributed by atoms with Crippen LogP contribution in [0, 0.1) is 0 Å². The first-order valence-corrected chi connectivity index (χ1v) is 6.77. The highest BCUT2D eigenvalue weighted by Crippen LogP contribution is 2.38. The van der Waals surface area contributed by atoms with Crippen LogP contribution in [0.25, 0.3) is 0 Å². The van der Waals surface area contributed by atoms with Gasteiger partial charge in [0.2, 0.25) is 0 Å². The van der Waals surface area contributed by atoms with E-state index in [0.717, 1.165) is 25.7 Å². The summed E-state index contributed by atoms with van der Waals surface area (Å²) in [6, 6.07) is 8.47. The fourth-order valence-electron chi connectivity index (χ4n) is 3.26. The summed E-state index contributed by atoms with van der Waals surface area (Å²) in [5, 5.41) is 10.9. The maximum absolute atomic E-state index is 10.9. The lowest BCUT2D eigenvalue weighted by Crippen LogP contribution is -2.31. The van der Waals surface area contributed by atoms with Crippen molar-refractivity contribution < 1.29 is 5.11 Å². The Bertz CT molecular complexity index is 420. The van der Waals surface area contributed by atoms with Crippen LogP contribution in [-0.2, 0) is 12.8 Å². The average molecular weight is 228 g/mol. The molecule has 1 heteroatoms. The largest absolute Gasteiger partial charge is 0.385 e. The molecule has 1 aromatic rings. The number of hydrogen-bond donors (Lipinski definition) is 1. The lowest BCUT2D eigenvalue weighted by atomic mass is 9.87. The molecule has 2 aliphatic carbocycles. The molecule has 1 N–H and O–H groups in total. The number of aliphatic hydroxyl groups is 1. The van der Waals surface area contributed by atoms with Gasteiger partial charge in [0, 0.05) is 12.8 Å². The van der Waals surface area contributed by atoms with Crippen LogP contribution in [0.3, 0.4) is 0 Å².